The second-order valence-corrected chi connectivity index (χ2v) is 7.07. The van der Waals surface area contributed by atoms with Crippen LogP contribution in [0.3, 0.4) is 0 Å². The van der Waals surface area contributed by atoms with Gasteiger partial charge in [-0.25, -0.2) is 4.98 Å². The van der Waals surface area contributed by atoms with Gasteiger partial charge in [-0.05, 0) is 30.7 Å². The molecule has 0 spiro atoms. The molecule has 27 heavy (non-hydrogen) atoms. The summed E-state index contributed by atoms with van der Waals surface area (Å²) in [5.74, 6) is 1.55. The minimum Gasteiger partial charge on any atom is -0.383 e. The lowest BCUT2D eigenvalue weighted by atomic mass is 10.2. The van der Waals surface area contributed by atoms with Gasteiger partial charge in [-0.1, -0.05) is 17.8 Å². The Morgan fingerprint density at radius 3 is 2.78 bits per heavy atom. The molecule has 0 fully saturated rings. The summed E-state index contributed by atoms with van der Waals surface area (Å²) in [5, 5.41) is 9.64. The number of ether oxygens (including phenoxy) is 1. The molecule has 0 bridgehead atoms. The van der Waals surface area contributed by atoms with E-state index in [-0.39, 0.29) is 0 Å². The number of hydrogen-bond acceptors (Lipinski definition) is 6. The summed E-state index contributed by atoms with van der Waals surface area (Å²) in [6.45, 7) is 3.35. The molecular formula is C19H20N6OS. The second-order valence-electron chi connectivity index (χ2n) is 6.13. The molecule has 0 saturated carbocycles. The Morgan fingerprint density at radius 2 is 2.00 bits per heavy atom. The molecule has 0 unspecified atom stereocenters. The lowest BCUT2D eigenvalue weighted by Gasteiger charge is -2.09. The van der Waals surface area contributed by atoms with Gasteiger partial charge in [-0.2, -0.15) is 0 Å². The molecule has 4 aromatic heterocycles. The highest BCUT2D eigenvalue weighted by molar-refractivity contribution is 7.98. The summed E-state index contributed by atoms with van der Waals surface area (Å²) in [6, 6.07) is 7.98. The first-order chi connectivity index (χ1) is 13.3. The molecule has 4 aromatic rings. The van der Waals surface area contributed by atoms with Gasteiger partial charge < -0.3 is 9.14 Å². The number of rotatable bonds is 7. The van der Waals surface area contributed by atoms with Gasteiger partial charge in [0.15, 0.2) is 11.0 Å². The number of nitrogens with zero attached hydrogens (tertiary/aromatic N) is 6. The number of aryl methyl sites for hydroxylation is 1. The number of aromatic nitrogens is 6. The van der Waals surface area contributed by atoms with E-state index in [0.717, 1.165) is 39.2 Å². The highest BCUT2D eigenvalue weighted by Crippen LogP contribution is 2.26. The quantitative estimate of drug-likeness (QED) is 0.459. The van der Waals surface area contributed by atoms with Gasteiger partial charge in [0.05, 0.1) is 18.8 Å². The monoisotopic (exact) mass is 380 g/mol. The Kier molecular flexibility index (Phi) is 5.17. The minimum atomic E-state index is 0.594. The zero-order valence-corrected chi connectivity index (χ0v) is 16.1. The van der Waals surface area contributed by atoms with Crippen molar-refractivity contribution in [1.82, 2.24) is 29.1 Å². The molecule has 0 aliphatic carbocycles. The molecule has 4 heterocycles. The summed E-state index contributed by atoms with van der Waals surface area (Å²) >= 11 is 1.63. The summed E-state index contributed by atoms with van der Waals surface area (Å²) < 4.78 is 9.41. The molecule has 0 aliphatic heterocycles. The second kappa shape index (κ2) is 7.89. The normalized spacial score (nSPS) is 11.3. The minimum absolute atomic E-state index is 0.594. The molecule has 138 valence electrons. The van der Waals surface area contributed by atoms with Crippen molar-refractivity contribution in [2.75, 3.05) is 13.7 Å². The third kappa shape index (κ3) is 3.72. The zero-order valence-electron chi connectivity index (χ0n) is 15.2. The standard InChI is InChI=1S/C19H20N6OS/c1-14-4-3-9-24-12-16(21-17(14)24)13-27-19-23-22-18(25(19)10-11-26-2)15-5-7-20-8-6-15/h3-9,12H,10-11,13H2,1-2H3. The van der Waals surface area contributed by atoms with Crippen LogP contribution >= 0.6 is 11.8 Å². The Bertz CT molecular complexity index is 1040. The van der Waals surface area contributed by atoms with Crippen LogP contribution < -0.4 is 0 Å². The number of methoxy groups -OCH3 is 1. The number of imidazole rings is 1. The number of hydrogen-bond donors (Lipinski definition) is 0. The van der Waals surface area contributed by atoms with E-state index in [0.29, 0.717) is 13.2 Å². The fourth-order valence-electron chi connectivity index (χ4n) is 2.91. The third-order valence-corrected chi connectivity index (χ3v) is 5.25. The van der Waals surface area contributed by atoms with Crippen LogP contribution in [0.1, 0.15) is 11.3 Å². The van der Waals surface area contributed by atoms with Crippen molar-refractivity contribution in [3.8, 4) is 11.4 Å². The maximum atomic E-state index is 5.26. The van der Waals surface area contributed by atoms with Crippen LogP contribution in [-0.2, 0) is 17.0 Å². The predicted molar refractivity (Wildman–Crippen MR) is 105 cm³/mol. The first-order valence-corrected chi connectivity index (χ1v) is 9.63. The Morgan fingerprint density at radius 1 is 1.15 bits per heavy atom. The van der Waals surface area contributed by atoms with Crippen molar-refractivity contribution >= 4 is 17.4 Å². The molecular weight excluding hydrogens is 360 g/mol. The largest absolute Gasteiger partial charge is 0.383 e. The number of thioether (sulfide) groups is 1. The number of fused-ring (bicyclic) bond motifs is 1. The summed E-state index contributed by atoms with van der Waals surface area (Å²) in [6.07, 6.45) is 7.61. The van der Waals surface area contributed by atoms with Crippen molar-refractivity contribution < 1.29 is 4.74 Å². The maximum absolute atomic E-state index is 5.26. The lowest BCUT2D eigenvalue weighted by molar-refractivity contribution is 0.185. The zero-order chi connectivity index (χ0) is 18.6. The van der Waals surface area contributed by atoms with Crippen LogP contribution in [0.15, 0.2) is 54.2 Å². The molecule has 0 atom stereocenters. The summed E-state index contributed by atoms with van der Waals surface area (Å²) in [7, 11) is 1.70. The van der Waals surface area contributed by atoms with Gasteiger partial charge in [-0.15, -0.1) is 10.2 Å². The van der Waals surface area contributed by atoms with Crippen LogP contribution in [0, 0.1) is 6.92 Å². The highest BCUT2D eigenvalue weighted by atomic mass is 32.2. The summed E-state index contributed by atoms with van der Waals surface area (Å²) in [4.78, 5) is 8.81. The van der Waals surface area contributed by atoms with Gasteiger partial charge in [-0.3, -0.25) is 9.55 Å². The number of pyridine rings is 2. The van der Waals surface area contributed by atoms with Gasteiger partial charge in [0.1, 0.15) is 5.65 Å². The van der Waals surface area contributed by atoms with E-state index in [4.69, 9.17) is 9.72 Å². The van der Waals surface area contributed by atoms with Crippen LogP contribution in [-0.4, -0.2) is 42.8 Å². The van der Waals surface area contributed by atoms with Gasteiger partial charge in [0, 0.05) is 43.2 Å². The van der Waals surface area contributed by atoms with E-state index < -0.39 is 0 Å². The van der Waals surface area contributed by atoms with Crippen molar-refractivity contribution in [3.05, 3.63) is 60.3 Å². The SMILES string of the molecule is COCCn1c(SCc2cn3cccc(C)c3n2)nnc1-c1ccncc1. The van der Waals surface area contributed by atoms with E-state index in [1.807, 2.05) is 24.4 Å². The fraction of sp³-hybridized carbons (Fsp3) is 0.263. The molecule has 0 radical (unpaired) electrons. The predicted octanol–water partition coefficient (Wildman–Crippen LogP) is 3.23. The Labute approximate surface area is 161 Å². The fourth-order valence-corrected chi connectivity index (χ4v) is 3.75. The van der Waals surface area contributed by atoms with Gasteiger partial charge in [0.25, 0.3) is 0 Å². The molecule has 4 rings (SSSR count). The van der Waals surface area contributed by atoms with E-state index in [2.05, 4.69) is 43.3 Å². The molecule has 8 heteroatoms. The van der Waals surface area contributed by atoms with Crippen LogP contribution in [0.5, 0.6) is 0 Å². The van der Waals surface area contributed by atoms with E-state index >= 15 is 0 Å². The van der Waals surface area contributed by atoms with Crippen molar-refractivity contribution in [3.63, 3.8) is 0 Å². The third-order valence-electron chi connectivity index (χ3n) is 4.25. The average molecular weight is 380 g/mol. The molecule has 0 N–H and O–H groups in total. The van der Waals surface area contributed by atoms with Gasteiger partial charge >= 0.3 is 0 Å². The first-order valence-electron chi connectivity index (χ1n) is 8.65. The Balaban J connectivity index is 1.59. The topological polar surface area (TPSA) is 70.1 Å². The molecule has 7 nitrogen and oxygen atoms in total. The smallest absolute Gasteiger partial charge is 0.191 e. The van der Waals surface area contributed by atoms with Crippen molar-refractivity contribution in [2.24, 2.45) is 0 Å². The van der Waals surface area contributed by atoms with Crippen LogP contribution in [0.4, 0.5) is 0 Å². The molecule has 0 aliphatic rings. The first kappa shape index (κ1) is 17.7. The van der Waals surface area contributed by atoms with Crippen LogP contribution in [0.25, 0.3) is 17.0 Å². The van der Waals surface area contributed by atoms with Gasteiger partial charge in [0.2, 0.25) is 0 Å². The van der Waals surface area contributed by atoms with Crippen LogP contribution in [0.2, 0.25) is 0 Å². The maximum Gasteiger partial charge on any atom is 0.191 e. The van der Waals surface area contributed by atoms with E-state index in [9.17, 15) is 0 Å². The molecule has 0 amide bonds. The summed E-state index contributed by atoms with van der Waals surface area (Å²) in [5.41, 5.74) is 4.16. The molecule has 0 aromatic carbocycles. The van der Waals surface area contributed by atoms with E-state index in [1.54, 1.807) is 31.3 Å². The van der Waals surface area contributed by atoms with Crippen molar-refractivity contribution in [2.45, 2.75) is 24.4 Å². The average Bonchev–Trinajstić information content (AvgIpc) is 3.30. The van der Waals surface area contributed by atoms with E-state index in [1.165, 1.54) is 0 Å². The highest BCUT2D eigenvalue weighted by Gasteiger charge is 2.15. The lowest BCUT2D eigenvalue weighted by Crippen LogP contribution is -2.07. The molecule has 0 saturated heterocycles. The van der Waals surface area contributed by atoms with Crippen molar-refractivity contribution in [1.29, 1.82) is 0 Å². The Hall–Kier alpha value is -2.71.